The van der Waals surface area contributed by atoms with Crippen LogP contribution in [0, 0.1) is 5.92 Å². The number of hydrogen-bond acceptors (Lipinski definition) is 3. The van der Waals surface area contributed by atoms with Crippen LogP contribution in [0.5, 0.6) is 0 Å². The zero-order chi connectivity index (χ0) is 21.0. The number of nitrogens with one attached hydrogen (secondary N) is 1. The minimum absolute atomic E-state index is 0.0804. The van der Waals surface area contributed by atoms with Gasteiger partial charge in [0.1, 0.15) is 0 Å². The van der Waals surface area contributed by atoms with Crippen molar-refractivity contribution in [3.05, 3.63) is 53.3 Å². The Kier molecular flexibility index (Phi) is 6.62. The highest BCUT2D eigenvalue weighted by Gasteiger charge is 2.39. The van der Waals surface area contributed by atoms with Crippen molar-refractivity contribution in [3.63, 3.8) is 0 Å². The Balaban J connectivity index is 1.77. The monoisotopic (exact) mass is 408 g/mol. The summed E-state index contributed by atoms with van der Waals surface area (Å²) in [6.07, 6.45) is -1.37. The van der Waals surface area contributed by atoms with Crippen molar-refractivity contribution >= 4 is 5.91 Å². The molecule has 1 fully saturated rings. The van der Waals surface area contributed by atoms with Gasteiger partial charge in [-0.05, 0) is 44.3 Å². The van der Waals surface area contributed by atoms with E-state index in [1.807, 2.05) is 30.3 Å². The second-order valence-electron chi connectivity index (χ2n) is 7.60. The van der Waals surface area contributed by atoms with Crippen LogP contribution in [0.3, 0.4) is 0 Å². The van der Waals surface area contributed by atoms with Crippen LogP contribution in [0.25, 0.3) is 0 Å². The standard InChI is InChI=1S/C21H27F3N4O/c1-3-28-14-17(19(26-28)21(22,23)24)20(29)25-13-18(16-7-5-4-6-8-16)27-11-9-15(2)10-12-27/h4-8,14-15,18H,3,9-13H2,1-2H3,(H,25,29). The molecule has 1 aliphatic heterocycles. The third kappa shape index (κ3) is 5.18. The van der Waals surface area contributed by atoms with Gasteiger partial charge in [-0.25, -0.2) is 0 Å². The Morgan fingerprint density at radius 2 is 1.90 bits per heavy atom. The normalized spacial score (nSPS) is 17.3. The first kappa shape index (κ1) is 21.4. The number of aromatic nitrogens is 2. The van der Waals surface area contributed by atoms with E-state index >= 15 is 0 Å². The number of alkyl halides is 3. The average Bonchev–Trinajstić information content (AvgIpc) is 3.15. The van der Waals surface area contributed by atoms with Crippen molar-refractivity contribution in [1.29, 1.82) is 0 Å². The van der Waals surface area contributed by atoms with Gasteiger partial charge in [0.25, 0.3) is 5.91 Å². The zero-order valence-corrected chi connectivity index (χ0v) is 16.7. The Labute approximate surface area is 168 Å². The van der Waals surface area contributed by atoms with Crippen LogP contribution in [0.2, 0.25) is 0 Å². The number of halogens is 3. The molecule has 0 spiro atoms. The quantitative estimate of drug-likeness (QED) is 0.782. The summed E-state index contributed by atoms with van der Waals surface area (Å²) in [5.74, 6) is -0.0881. The summed E-state index contributed by atoms with van der Waals surface area (Å²) in [6, 6.07) is 9.69. The van der Waals surface area contributed by atoms with Crippen molar-refractivity contribution in [1.82, 2.24) is 20.0 Å². The van der Waals surface area contributed by atoms with Crippen molar-refractivity contribution in [2.45, 2.75) is 45.5 Å². The Morgan fingerprint density at radius 1 is 1.24 bits per heavy atom. The summed E-state index contributed by atoms with van der Waals surface area (Å²) < 4.78 is 41.0. The maximum absolute atomic E-state index is 13.3. The van der Waals surface area contributed by atoms with E-state index in [4.69, 9.17) is 0 Å². The van der Waals surface area contributed by atoms with Crippen LogP contribution in [0.15, 0.2) is 36.5 Å². The number of nitrogens with zero attached hydrogens (tertiary/aromatic N) is 3. The third-order valence-corrected chi connectivity index (χ3v) is 5.50. The van der Waals surface area contributed by atoms with Gasteiger partial charge in [-0.2, -0.15) is 18.3 Å². The van der Waals surface area contributed by atoms with Crippen molar-refractivity contribution in [2.75, 3.05) is 19.6 Å². The zero-order valence-electron chi connectivity index (χ0n) is 16.7. The van der Waals surface area contributed by atoms with E-state index in [9.17, 15) is 18.0 Å². The molecule has 1 aromatic carbocycles. The lowest BCUT2D eigenvalue weighted by Gasteiger charge is -2.37. The lowest BCUT2D eigenvalue weighted by Crippen LogP contribution is -2.42. The van der Waals surface area contributed by atoms with Crippen molar-refractivity contribution in [2.24, 2.45) is 5.92 Å². The molecule has 0 aliphatic carbocycles. The summed E-state index contributed by atoms with van der Waals surface area (Å²) in [6.45, 7) is 6.20. The van der Waals surface area contributed by atoms with Gasteiger partial charge >= 0.3 is 6.18 Å². The van der Waals surface area contributed by atoms with Gasteiger partial charge in [0.2, 0.25) is 0 Å². The molecule has 1 aliphatic rings. The molecule has 1 unspecified atom stereocenters. The molecule has 158 valence electrons. The molecular formula is C21H27F3N4O. The molecular weight excluding hydrogens is 381 g/mol. The summed E-state index contributed by atoms with van der Waals surface area (Å²) in [7, 11) is 0. The molecule has 2 heterocycles. The third-order valence-electron chi connectivity index (χ3n) is 5.50. The van der Waals surface area contributed by atoms with Gasteiger partial charge < -0.3 is 5.32 Å². The number of likely N-dealkylation sites (tertiary alicyclic amines) is 1. The number of benzene rings is 1. The summed E-state index contributed by atoms with van der Waals surface area (Å²) in [5, 5.41) is 6.25. The topological polar surface area (TPSA) is 50.2 Å². The lowest BCUT2D eigenvalue weighted by atomic mass is 9.95. The van der Waals surface area contributed by atoms with Crippen LogP contribution in [0.1, 0.15) is 54.3 Å². The first-order chi connectivity index (χ1) is 13.8. The Hall–Kier alpha value is -2.35. The van der Waals surface area contributed by atoms with Crippen molar-refractivity contribution < 1.29 is 18.0 Å². The molecule has 5 nitrogen and oxygen atoms in total. The number of piperidine rings is 1. The molecule has 1 saturated heterocycles. The molecule has 1 amide bonds. The molecule has 1 N–H and O–H groups in total. The predicted octanol–water partition coefficient (Wildman–Crippen LogP) is 4.12. The van der Waals surface area contributed by atoms with Gasteiger partial charge in [0, 0.05) is 19.3 Å². The minimum Gasteiger partial charge on any atom is -0.350 e. The number of aryl methyl sites for hydroxylation is 1. The maximum Gasteiger partial charge on any atom is 0.435 e. The van der Waals surface area contributed by atoms with Crippen molar-refractivity contribution in [3.8, 4) is 0 Å². The molecule has 0 saturated carbocycles. The fraction of sp³-hybridized carbons (Fsp3) is 0.524. The van der Waals surface area contributed by atoms with E-state index < -0.39 is 23.3 Å². The van der Waals surface area contributed by atoms with E-state index in [0.29, 0.717) is 5.92 Å². The first-order valence-electron chi connectivity index (χ1n) is 10.0. The number of carbonyl (C=O) groups excluding carboxylic acids is 1. The molecule has 0 radical (unpaired) electrons. The number of hydrogen-bond donors (Lipinski definition) is 1. The number of carbonyl (C=O) groups is 1. The van der Waals surface area contributed by atoms with E-state index in [1.54, 1.807) is 6.92 Å². The summed E-state index contributed by atoms with van der Waals surface area (Å²) >= 11 is 0. The van der Waals surface area contributed by atoms with E-state index in [-0.39, 0.29) is 19.1 Å². The number of rotatable bonds is 6. The van der Waals surface area contributed by atoms with Gasteiger partial charge in [-0.3, -0.25) is 14.4 Å². The molecule has 0 bridgehead atoms. The average molecular weight is 408 g/mol. The second-order valence-corrected chi connectivity index (χ2v) is 7.60. The van der Waals surface area contributed by atoms with Crippen LogP contribution in [-0.4, -0.2) is 40.2 Å². The van der Waals surface area contributed by atoms with E-state index in [0.717, 1.165) is 42.4 Å². The highest BCUT2D eigenvalue weighted by molar-refractivity contribution is 5.95. The highest BCUT2D eigenvalue weighted by atomic mass is 19.4. The summed E-state index contributed by atoms with van der Waals surface area (Å²) in [5.41, 5.74) is -0.527. The largest absolute Gasteiger partial charge is 0.435 e. The molecule has 3 rings (SSSR count). The Bertz CT molecular complexity index is 811. The van der Waals surface area contributed by atoms with Crippen LogP contribution in [0.4, 0.5) is 13.2 Å². The number of amides is 1. The SMILES string of the molecule is CCn1cc(C(=O)NCC(c2ccccc2)N2CCC(C)CC2)c(C(F)(F)F)n1. The lowest BCUT2D eigenvalue weighted by molar-refractivity contribution is -0.141. The van der Waals surface area contributed by atoms with Gasteiger partial charge in [-0.15, -0.1) is 0 Å². The Morgan fingerprint density at radius 3 is 2.48 bits per heavy atom. The van der Waals surface area contributed by atoms with Gasteiger partial charge in [-0.1, -0.05) is 37.3 Å². The minimum atomic E-state index is -4.67. The van der Waals surface area contributed by atoms with Gasteiger partial charge in [0.05, 0.1) is 11.6 Å². The van der Waals surface area contributed by atoms with E-state index in [2.05, 4.69) is 22.2 Å². The summed E-state index contributed by atoms with van der Waals surface area (Å²) in [4.78, 5) is 14.9. The highest BCUT2D eigenvalue weighted by Crippen LogP contribution is 2.31. The van der Waals surface area contributed by atoms with Crippen LogP contribution >= 0.6 is 0 Å². The second kappa shape index (κ2) is 8.98. The molecule has 1 aromatic heterocycles. The fourth-order valence-corrected chi connectivity index (χ4v) is 3.72. The van der Waals surface area contributed by atoms with Gasteiger partial charge in [0.15, 0.2) is 5.69 Å². The molecule has 29 heavy (non-hydrogen) atoms. The molecule has 2 aromatic rings. The van der Waals surface area contributed by atoms with Crippen LogP contribution < -0.4 is 5.32 Å². The maximum atomic E-state index is 13.3. The predicted molar refractivity (Wildman–Crippen MR) is 104 cm³/mol. The van der Waals surface area contributed by atoms with Crippen LogP contribution in [-0.2, 0) is 12.7 Å². The fourth-order valence-electron chi connectivity index (χ4n) is 3.72. The van der Waals surface area contributed by atoms with E-state index in [1.165, 1.54) is 0 Å². The smallest absolute Gasteiger partial charge is 0.350 e. The molecule has 8 heteroatoms. The molecule has 1 atom stereocenters. The first-order valence-corrected chi connectivity index (χ1v) is 10.0.